The molecule has 3 aromatic heterocycles. The van der Waals surface area contributed by atoms with Gasteiger partial charge in [-0.3, -0.25) is 4.79 Å². The van der Waals surface area contributed by atoms with Crippen molar-refractivity contribution < 1.29 is 9.32 Å². The van der Waals surface area contributed by atoms with E-state index >= 15 is 0 Å². The molecule has 0 spiro atoms. The molecule has 0 saturated carbocycles. The molecule has 0 atom stereocenters. The maximum Gasteiger partial charge on any atom is 0.273 e. The van der Waals surface area contributed by atoms with Crippen LogP contribution in [0, 0.1) is 13.8 Å². The molecule has 3 heterocycles. The zero-order valence-corrected chi connectivity index (χ0v) is 15.8. The topological polar surface area (TPSA) is 73.0 Å². The first-order valence-electron chi connectivity index (χ1n) is 8.53. The second kappa shape index (κ2) is 7.20. The van der Waals surface area contributed by atoms with Gasteiger partial charge in [0.05, 0.1) is 16.3 Å². The third-order valence-electron chi connectivity index (χ3n) is 4.37. The molecule has 7 heteroatoms. The molecule has 0 fully saturated rings. The third-order valence-corrected chi connectivity index (χ3v) is 5.26. The number of nitrogens with zero attached hydrogens (tertiary/aromatic N) is 3. The van der Waals surface area contributed by atoms with E-state index < -0.39 is 0 Å². The van der Waals surface area contributed by atoms with E-state index in [2.05, 4.69) is 15.6 Å². The molecule has 136 valence electrons. The number of thiophene rings is 1. The molecule has 1 aromatic carbocycles. The minimum absolute atomic E-state index is 0.268. The van der Waals surface area contributed by atoms with Crippen molar-refractivity contribution in [1.82, 2.24) is 20.3 Å². The second-order valence-corrected chi connectivity index (χ2v) is 7.08. The second-order valence-electron chi connectivity index (χ2n) is 6.13. The highest BCUT2D eigenvalue weighted by Crippen LogP contribution is 2.25. The summed E-state index contributed by atoms with van der Waals surface area (Å²) in [6, 6.07) is 15.4. The number of rotatable bonds is 5. The summed E-state index contributed by atoms with van der Waals surface area (Å²) in [5.74, 6) is 0.326. The average molecular weight is 378 g/mol. The lowest BCUT2D eigenvalue weighted by atomic mass is 10.2. The van der Waals surface area contributed by atoms with Crippen molar-refractivity contribution in [3.63, 3.8) is 0 Å². The largest absolute Gasteiger partial charge is 0.355 e. The van der Waals surface area contributed by atoms with Gasteiger partial charge in [0.2, 0.25) is 0 Å². The fourth-order valence-electron chi connectivity index (χ4n) is 2.93. The molecule has 0 bridgehead atoms. The number of hydrogen-bond acceptors (Lipinski definition) is 5. The van der Waals surface area contributed by atoms with Crippen LogP contribution in [0.3, 0.4) is 0 Å². The Bertz CT molecular complexity index is 1070. The molecular weight excluding hydrogens is 360 g/mol. The molecule has 1 amide bonds. The van der Waals surface area contributed by atoms with Gasteiger partial charge < -0.3 is 9.84 Å². The summed E-state index contributed by atoms with van der Waals surface area (Å²) in [6.07, 6.45) is 0. The van der Waals surface area contributed by atoms with Gasteiger partial charge in [0.25, 0.3) is 5.91 Å². The van der Waals surface area contributed by atoms with Crippen molar-refractivity contribution in [2.45, 2.75) is 20.4 Å². The van der Waals surface area contributed by atoms with Crippen molar-refractivity contribution >= 4 is 17.2 Å². The van der Waals surface area contributed by atoms with Gasteiger partial charge in [-0.15, -0.1) is 11.3 Å². The highest BCUT2D eigenvalue weighted by Gasteiger charge is 2.17. The van der Waals surface area contributed by atoms with E-state index in [0.717, 1.165) is 27.5 Å². The third kappa shape index (κ3) is 3.41. The van der Waals surface area contributed by atoms with Crippen LogP contribution in [0.25, 0.3) is 16.3 Å². The fraction of sp³-hybridized carbons (Fsp3) is 0.150. The first-order chi connectivity index (χ1) is 13.1. The van der Waals surface area contributed by atoms with Crippen molar-refractivity contribution in [2.24, 2.45) is 0 Å². The number of para-hydroxylation sites is 1. The zero-order valence-electron chi connectivity index (χ0n) is 15.0. The van der Waals surface area contributed by atoms with Crippen LogP contribution in [0.4, 0.5) is 0 Å². The SMILES string of the molecule is Cc1nn(-c2ccccc2)c(C)c1CNC(=O)c1cc(-c2cccs2)on1. The molecule has 4 aromatic rings. The smallest absolute Gasteiger partial charge is 0.273 e. The highest BCUT2D eigenvalue weighted by atomic mass is 32.1. The summed E-state index contributed by atoms with van der Waals surface area (Å²) < 4.78 is 7.17. The molecule has 0 aliphatic rings. The van der Waals surface area contributed by atoms with Gasteiger partial charge >= 0.3 is 0 Å². The molecule has 0 aliphatic carbocycles. The maximum atomic E-state index is 12.4. The van der Waals surface area contributed by atoms with E-state index in [9.17, 15) is 4.79 Å². The lowest BCUT2D eigenvalue weighted by Gasteiger charge is -2.06. The molecule has 0 saturated heterocycles. The normalized spacial score (nSPS) is 10.9. The standard InChI is InChI=1S/C20H18N4O2S/c1-13-16(14(2)24(22-13)15-7-4-3-5-8-15)12-21-20(25)17-11-18(26-23-17)19-9-6-10-27-19/h3-11H,12H2,1-2H3,(H,21,25). The summed E-state index contributed by atoms with van der Waals surface area (Å²) in [6.45, 7) is 4.32. The molecule has 1 N–H and O–H groups in total. The van der Waals surface area contributed by atoms with Crippen LogP contribution in [0.1, 0.15) is 27.4 Å². The van der Waals surface area contributed by atoms with Crippen LogP contribution in [0.2, 0.25) is 0 Å². The van der Waals surface area contributed by atoms with Gasteiger partial charge in [0.1, 0.15) is 0 Å². The molecule has 0 aliphatic heterocycles. The van der Waals surface area contributed by atoms with Crippen LogP contribution < -0.4 is 5.32 Å². The van der Waals surface area contributed by atoms with E-state index in [1.54, 1.807) is 6.07 Å². The van der Waals surface area contributed by atoms with Gasteiger partial charge in [-0.1, -0.05) is 29.4 Å². The van der Waals surface area contributed by atoms with Crippen LogP contribution in [-0.2, 0) is 6.54 Å². The summed E-state index contributed by atoms with van der Waals surface area (Å²) in [4.78, 5) is 13.4. The summed E-state index contributed by atoms with van der Waals surface area (Å²) in [5, 5.41) is 13.3. The van der Waals surface area contributed by atoms with Crippen LogP contribution in [-0.4, -0.2) is 20.8 Å². The first-order valence-corrected chi connectivity index (χ1v) is 9.41. The Morgan fingerprint density at radius 2 is 2.00 bits per heavy atom. The molecule has 27 heavy (non-hydrogen) atoms. The Morgan fingerprint density at radius 1 is 1.19 bits per heavy atom. The molecular formula is C20H18N4O2S. The average Bonchev–Trinajstić information content (AvgIpc) is 3.42. The Hall–Kier alpha value is -3.19. The Balaban J connectivity index is 1.49. The van der Waals surface area contributed by atoms with Crippen molar-refractivity contribution in [2.75, 3.05) is 0 Å². The number of aromatic nitrogens is 3. The monoisotopic (exact) mass is 378 g/mol. The quantitative estimate of drug-likeness (QED) is 0.567. The Labute approximate surface area is 160 Å². The van der Waals surface area contributed by atoms with Crippen LogP contribution in [0.15, 0.2) is 58.4 Å². The van der Waals surface area contributed by atoms with Crippen LogP contribution in [0.5, 0.6) is 0 Å². The number of carbonyl (C=O) groups excluding carboxylic acids is 1. The van der Waals surface area contributed by atoms with E-state index in [1.807, 2.05) is 66.4 Å². The number of amides is 1. The lowest BCUT2D eigenvalue weighted by Crippen LogP contribution is -2.23. The van der Waals surface area contributed by atoms with E-state index in [1.165, 1.54) is 11.3 Å². The van der Waals surface area contributed by atoms with E-state index in [-0.39, 0.29) is 11.6 Å². The number of benzene rings is 1. The minimum Gasteiger partial charge on any atom is -0.355 e. The molecule has 4 rings (SSSR count). The number of carbonyl (C=O) groups is 1. The predicted molar refractivity (Wildman–Crippen MR) is 104 cm³/mol. The first kappa shape index (κ1) is 17.2. The van der Waals surface area contributed by atoms with Gasteiger partial charge in [-0.2, -0.15) is 5.10 Å². The number of aryl methyl sites for hydroxylation is 1. The number of nitrogens with one attached hydrogen (secondary N) is 1. The summed E-state index contributed by atoms with van der Waals surface area (Å²) in [7, 11) is 0. The highest BCUT2D eigenvalue weighted by molar-refractivity contribution is 7.13. The van der Waals surface area contributed by atoms with Crippen molar-refractivity contribution in [3.8, 4) is 16.3 Å². The maximum absolute atomic E-state index is 12.4. The lowest BCUT2D eigenvalue weighted by molar-refractivity contribution is 0.0942. The molecule has 0 radical (unpaired) electrons. The van der Waals surface area contributed by atoms with Crippen molar-refractivity contribution in [1.29, 1.82) is 0 Å². The van der Waals surface area contributed by atoms with Gasteiger partial charge in [-0.25, -0.2) is 4.68 Å². The van der Waals surface area contributed by atoms with Gasteiger partial charge in [-0.05, 0) is 37.4 Å². The van der Waals surface area contributed by atoms with E-state index in [4.69, 9.17) is 4.52 Å². The van der Waals surface area contributed by atoms with Gasteiger partial charge in [0.15, 0.2) is 11.5 Å². The van der Waals surface area contributed by atoms with Crippen LogP contribution >= 0.6 is 11.3 Å². The predicted octanol–water partition coefficient (Wildman–Crippen LogP) is 4.14. The number of hydrogen-bond donors (Lipinski definition) is 1. The minimum atomic E-state index is -0.271. The zero-order chi connectivity index (χ0) is 18.8. The fourth-order valence-corrected chi connectivity index (χ4v) is 3.60. The van der Waals surface area contributed by atoms with E-state index in [0.29, 0.717) is 12.3 Å². The summed E-state index contributed by atoms with van der Waals surface area (Å²) in [5.41, 5.74) is 4.14. The Kier molecular flexibility index (Phi) is 4.60. The molecule has 6 nitrogen and oxygen atoms in total. The van der Waals surface area contributed by atoms with Gasteiger partial charge in [0, 0.05) is 23.9 Å². The van der Waals surface area contributed by atoms with Crippen molar-refractivity contribution in [3.05, 3.63) is 76.6 Å². The Morgan fingerprint density at radius 3 is 2.74 bits per heavy atom. The molecule has 0 unspecified atom stereocenters. The summed E-state index contributed by atoms with van der Waals surface area (Å²) >= 11 is 1.54.